The molecule has 1 N–H and O–H groups in total. The standard InChI is InChI=1S/C27H24O4S/c1-17-14-24(32-16-17)20-10-7-11-21(25(20)18-8-5-4-6-9-18)27(29)26(28)19-12-13-22(30-2)23(15-19)31-3/h4-16,26,28H,1-3H3. The zero-order chi connectivity index (χ0) is 22.7. The van der Waals surface area contributed by atoms with Crippen molar-refractivity contribution >= 4 is 17.1 Å². The second kappa shape index (κ2) is 9.39. The first-order valence-corrected chi connectivity index (χ1v) is 11.1. The van der Waals surface area contributed by atoms with Gasteiger partial charge in [0, 0.05) is 21.6 Å². The molecule has 1 aromatic heterocycles. The van der Waals surface area contributed by atoms with E-state index >= 15 is 0 Å². The molecule has 0 saturated carbocycles. The summed E-state index contributed by atoms with van der Waals surface area (Å²) in [5, 5.41) is 13.1. The second-order valence-corrected chi connectivity index (χ2v) is 8.37. The lowest BCUT2D eigenvalue weighted by atomic mass is 9.88. The third kappa shape index (κ3) is 4.17. The van der Waals surface area contributed by atoms with E-state index in [4.69, 9.17) is 9.47 Å². The Kier molecular flexibility index (Phi) is 6.40. The summed E-state index contributed by atoms with van der Waals surface area (Å²) in [6.07, 6.45) is -1.34. The molecule has 0 fully saturated rings. The van der Waals surface area contributed by atoms with Crippen molar-refractivity contribution in [2.45, 2.75) is 13.0 Å². The van der Waals surface area contributed by atoms with Crippen LogP contribution in [0.25, 0.3) is 21.6 Å². The molecule has 162 valence electrons. The largest absolute Gasteiger partial charge is 0.493 e. The zero-order valence-electron chi connectivity index (χ0n) is 18.2. The van der Waals surface area contributed by atoms with Gasteiger partial charge in [0.15, 0.2) is 17.3 Å². The van der Waals surface area contributed by atoms with Gasteiger partial charge in [-0.3, -0.25) is 4.79 Å². The average Bonchev–Trinajstić information content (AvgIpc) is 3.28. The highest BCUT2D eigenvalue weighted by Gasteiger charge is 2.25. The second-order valence-electron chi connectivity index (χ2n) is 7.46. The van der Waals surface area contributed by atoms with Crippen molar-refractivity contribution in [3.63, 3.8) is 0 Å². The Hall–Kier alpha value is -3.41. The van der Waals surface area contributed by atoms with Crippen LogP contribution < -0.4 is 9.47 Å². The van der Waals surface area contributed by atoms with E-state index in [9.17, 15) is 9.90 Å². The molecule has 4 rings (SSSR count). The van der Waals surface area contributed by atoms with Crippen LogP contribution in [0.2, 0.25) is 0 Å². The summed E-state index contributed by atoms with van der Waals surface area (Å²) in [5.74, 6) is 0.630. The predicted molar refractivity (Wildman–Crippen MR) is 129 cm³/mol. The molecule has 0 saturated heterocycles. The first-order chi connectivity index (χ1) is 15.5. The quantitative estimate of drug-likeness (QED) is 0.339. The molecule has 1 atom stereocenters. The summed E-state index contributed by atoms with van der Waals surface area (Å²) < 4.78 is 10.6. The van der Waals surface area contributed by atoms with Crippen molar-refractivity contribution in [2.24, 2.45) is 0 Å². The third-order valence-corrected chi connectivity index (χ3v) is 6.44. The fourth-order valence-electron chi connectivity index (χ4n) is 3.77. The lowest BCUT2D eigenvalue weighted by molar-refractivity contribution is 0.0747. The molecule has 0 bridgehead atoms. The number of benzene rings is 3. The number of carbonyl (C=O) groups excluding carboxylic acids is 1. The van der Waals surface area contributed by atoms with Crippen molar-refractivity contribution in [1.82, 2.24) is 0 Å². The maximum Gasteiger partial charge on any atom is 0.196 e. The number of rotatable bonds is 7. The van der Waals surface area contributed by atoms with Crippen LogP contribution in [-0.2, 0) is 0 Å². The van der Waals surface area contributed by atoms with E-state index in [2.05, 4.69) is 18.4 Å². The lowest BCUT2D eigenvalue weighted by Crippen LogP contribution is -2.14. The van der Waals surface area contributed by atoms with Gasteiger partial charge in [-0.2, -0.15) is 0 Å². The van der Waals surface area contributed by atoms with Gasteiger partial charge >= 0.3 is 0 Å². The minimum atomic E-state index is -1.34. The molecule has 0 aliphatic heterocycles. The molecule has 4 nitrogen and oxygen atoms in total. The molecule has 0 spiro atoms. The van der Waals surface area contributed by atoms with Gasteiger partial charge in [-0.1, -0.05) is 54.6 Å². The summed E-state index contributed by atoms with van der Waals surface area (Å²) in [5.41, 5.74) is 4.81. The van der Waals surface area contributed by atoms with Gasteiger partial charge < -0.3 is 14.6 Å². The van der Waals surface area contributed by atoms with Crippen LogP contribution in [0.1, 0.15) is 27.6 Å². The van der Waals surface area contributed by atoms with Crippen LogP contribution in [0.4, 0.5) is 0 Å². The van der Waals surface area contributed by atoms with E-state index in [-0.39, 0.29) is 5.78 Å². The molecular weight excluding hydrogens is 420 g/mol. The number of hydrogen-bond donors (Lipinski definition) is 1. The monoisotopic (exact) mass is 444 g/mol. The zero-order valence-corrected chi connectivity index (χ0v) is 19.0. The van der Waals surface area contributed by atoms with Crippen molar-refractivity contribution in [3.05, 3.63) is 94.9 Å². The molecule has 3 aromatic carbocycles. The van der Waals surface area contributed by atoms with Crippen molar-refractivity contribution < 1.29 is 19.4 Å². The summed E-state index contributed by atoms with van der Waals surface area (Å²) in [7, 11) is 3.07. The van der Waals surface area contributed by atoms with Crippen molar-refractivity contribution in [1.29, 1.82) is 0 Å². The smallest absolute Gasteiger partial charge is 0.196 e. The van der Waals surface area contributed by atoms with Crippen LogP contribution >= 0.6 is 11.3 Å². The number of aryl methyl sites for hydroxylation is 1. The number of Topliss-reactive ketones (excluding diaryl/α,β-unsaturated/α-hetero) is 1. The summed E-state index contributed by atoms with van der Waals surface area (Å²) in [4.78, 5) is 14.6. The van der Waals surface area contributed by atoms with Crippen LogP contribution in [0, 0.1) is 6.92 Å². The first kappa shape index (κ1) is 21.8. The van der Waals surface area contributed by atoms with Crippen LogP contribution in [0.3, 0.4) is 0 Å². The number of ketones is 1. The van der Waals surface area contributed by atoms with Gasteiger partial charge in [-0.15, -0.1) is 11.3 Å². The van der Waals surface area contributed by atoms with Crippen molar-refractivity contribution in [3.8, 4) is 33.1 Å². The van der Waals surface area contributed by atoms with Gasteiger partial charge in [-0.05, 0) is 47.2 Å². The highest BCUT2D eigenvalue weighted by Crippen LogP contribution is 2.40. The fraction of sp³-hybridized carbons (Fsp3) is 0.148. The molecule has 0 radical (unpaired) electrons. The molecule has 5 heteroatoms. The number of methoxy groups -OCH3 is 2. The number of thiophene rings is 1. The molecule has 0 aliphatic rings. The van der Waals surface area contributed by atoms with E-state index in [0.29, 0.717) is 22.6 Å². The van der Waals surface area contributed by atoms with E-state index in [1.54, 1.807) is 42.7 Å². The third-order valence-electron chi connectivity index (χ3n) is 5.36. The maximum absolute atomic E-state index is 13.6. The Labute approximate surface area is 191 Å². The summed E-state index contributed by atoms with van der Waals surface area (Å²) in [6.45, 7) is 2.05. The SMILES string of the molecule is COc1ccc(C(O)C(=O)c2cccc(-c3cc(C)cs3)c2-c2ccccc2)cc1OC. The Morgan fingerprint density at radius 3 is 2.31 bits per heavy atom. The topological polar surface area (TPSA) is 55.8 Å². The molecule has 1 unspecified atom stereocenters. The summed E-state index contributed by atoms with van der Waals surface area (Å²) in [6, 6.07) is 22.6. The highest BCUT2D eigenvalue weighted by atomic mass is 32.1. The molecule has 0 aliphatic carbocycles. The molecule has 4 aromatic rings. The van der Waals surface area contributed by atoms with Crippen LogP contribution in [0.5, 0.6) is 11.5 Å². The molecule has 0 amide bonds. The Morgan fingerprint density at radius 1 is 0.906 bits per heavy atom. The first-order valence-electron chi connectivity index (χ1n) is 10.2. The summed E-state index contributed by atoms with van der Waals surface area (Å²) >= 11 is 1.64. The van der Waals surface area contributed by atoms with E-state index in [0.717, 1.165) is 21.6 Å². The predicted octanol–water partition coefficient (Wildman–Crippen LogP) is 6.32. The van der Waals surface area contributed by atoms with Gasteiger partial charge in [0.25, 0.3) is 0 Å². The minimum Gasteiger partial charge on any atom is -0.493 e. The van der Waals surface area contributed by atoms with E-state index in [1.165, 1.54) is 12.7 Å². The molecule has 1 heterocycles. The number of hydrogen-bond acceptors (Lipinski definition) is 5. The van der Waals surface area contributed by atoms with Gasteiger partial charge in [0.1, 0.15) is 6.10 Å². The van der Waals surface area contributed by atoms with Gasteiger partial charge in [0.05, 0.1) is 14.2 Å². The van der Waals surface area contributed by atoms with E-state index in [1.807, 2.05) is 42.5 Å². The number of carbonyl (C=O) groups is 1. The van der Waals surface area contributed by atoms with Crippen molar-refractivity contribution in [2.75, 3.05) is 14.2 Å². The maximum atomic E-state index is 13.6. The normalized spacial score (nSPS) is 11.8. The molecular formula is C27H24O4S. The average molecular weight is 445 g/mol. The fourth-order valence-corrected chi connectivity index (χ4v) is 4.70. The van der Waals surface area contributed by atoms with Gasteiger partial charge in [-0.25, -0.2) is 0 Å². The van der Waals surface area contributed by atoms with Gasteiger partial charge in [0.2, 0.25) is 0 Å². The number of aliphatic hydroxyl groups excluding tert-OH is 1. The highest BCUT2D eigenvalue weighted by molar-refractivity contribution is 7.13. The van der Waals surface area contributed by atoms with Crippen LogP contribution in [-0.4, -0.2) is 25.1 Å². The Bertz CT molecular complexity index is 1240. The lowest BCUT2D eigenvalue weighted by Gasteiger charge is -2.18. The minimum absolute atomic E-state index is 0.369. The number of aliphatic hydroxyl groups is 1. The molecule has 32 heavy (non-hydrogen) atoms. The number of ether oxygens (including phenoxy) is 2. The van der Waals surface area contributed by atoms with Crippen LogP contribution in [0.15, 0.2) is 78.2 Å². The Balaban J connectivity index is 1.83. The Morgan fingerprint density at radius 2 is 1.66 bits per heavy atom. The van der Waals surface area contributed by atoms with E-state index < -0.39 is 6.10 Å².